The van der Waals surface area contributed by atoms with Crippen LogP contribution in [0, 0.1) is 0 Å². The lowest BCUT2D eigenvalue weighted by Crippen LogP contribution is -1.86. The van der Waals surface area contributed by atoms with Gasteiger partial charge in [-0.15, -0.1) is 0 Å². The van der Waals surface area contributed by atoms with E-state index in [1.165, 1.54) is 0 Å². The fourth-order valence-corrected chi connectivity index (χ4v) is 2.53. The first-order chi connectivity index (χ1) is 8.75. The summed E-state index contributed by atoms with van der Waals surface area (Å²) in [5.74, 6) is 0. The number of benzene rings is 2. The first-order valence-corrected chi connectivity index (χ1v) is 6.31. The summed E-state index contributed by atoms with van der Waals surface area (Å²) in [7, 11) is 0. The fourth-order valence-electron chi connectivity index (χ4n) is 2.06. The van der Waals surface area contributed by atoms with E-state index in [9.17, 15) is 0 Å². The van der Waals surface area contributed by atoms with Gasteiger partial charge in [-0.2, -0.15) is 0 Å². The molecule has 0 fully saturated rings. The first-order valence-electron chi connectivity index (χ1n) is 5.56. The molecule has 3 aromatic rings. The highest BCUT2D eigenvalue weighted by molar-refractivity contribution is 6.37. The van der Waals surface area contributed by atoms with Gasteiger partial charge < -0.3 is 0 Å². The van der Waals surface area contributed by atoms with Crippen LogP contribution in [-0.2, 0) is 0 Å². The quantitative estimate of drug-likeness (QED) is 0.555. The molecule has 0 aliphatic rings. The van der Waals surface area contributed by atoms with Crippen LogP contribution in [-0.4, -0.2) is 4.98 Å². The van der Waals surface area contributed by atoms with Gasteiger partial charge >= 0.3 is 0 Å². The number of pyridine rings is 1. The van der Waals surface area contributed by atoms with E-state index in [1.807, 2.05) is 54.6 Å². The van der Waals surface area contributed by atoms with Gasteiger partial charge in [0.1, 0.15) is 5.15 Å². The summed E-state index contributed by atoms with van der Waals surface area (Å²) in [5.41, 5.74) is 2.91. The van der Waals surface area contributed by atoms with Crippen LogP contribution in [0.4, 0.5) is 0 Å². The van der Waals surface area contributed by atoms with Crippen LogP contribution in [0.3, 0.4) is 0 Å². The van der Waals surface area contributed by atoms with Crippen molar-refractivity contribution in [3.05, 3.63) is 64.8 Å². The molecule has 88 valence electrons. The Balaban J connectivity index is 2.41. The molecular weight excluding hydrogens is 265 g/mol. The molecule has 18 heavy (non-hydrogen) atoms. The Kier molecular flexibility index (Phi) is 2.94. The first kappa shape index (κ1) is 11.5. The third-order valence-electron chi connectivity index (χ3n) is 2.84. The van der Waals surface area contributed by atoms with Gasteiger partial charge in [0.25, 0.3) is 0 Å². The Bertz CT molecular complexity index is 708. The van der Waals surface area contributed by atoms with Crippen LogP contribution in [0.25, 0.3) is 22.0 Å². The molecule has 2 aromatic carbocycles. The lowest BCUT2D eigenvalue weighted by molar-refractivity contribution is 1.41. The summed E-state index contributed by atoms with van der Waals surface area (Å²) in [6.45, 7) is 0. The summed E-state index contributed by atoms with van der Waals surface area (Å²) >= 11 is 12.4. The number of hydrogen-bond acceptors (Lipinski definition) is 1. The van der Waals surface area contributed by atoms with Crippen molar-refractivity contribution in [3.8, 4) is 11.1 Å². The predicted molar refractivity (Wildman–Crippen MR) is 77.2 cm³/mol. The normalized spacial score (nSPS) is 10.8. The molecule has 0 aliphatic carbocycles. The molecule has 0 saturated heterocycles. The van der Waals surface area contributed by atoms with Crippen molar-refractivity contribution in [2.24, 2.45) is 0 Å². The monoisotopic (exact) mass is 273 g/mol. The maximum absolute atomic E-state index is 6.28. The standard InChI is InChI=1S/C15H9Cl2N/c16-12-7-4-8-13-15(12)11(9-14(17)18-13)10-5-2-1-3-6-10/h1-9H. The maximum Gasteiger partial charge on any atom is 0.130 e. The molecule has 0 N–H and O–H groups in total. The van der Waals surface area contributed by atoms with E-state index in [1.54, 1.807) is 0 Å². The van der Waals surface area contributed by atoms with Crippen LogP contribution in [0.2, 0.25) is 10.2 Å². The number of rotatable bonds is 1. The fraction of sp³-hybridized carbons (Fsp3) is 0. The highest BCUT2D eigenvalue weighted by Gasteiger charge is 2.09. The molecule has 0 spiro atoms. The number of fused-ring (bicyclic) bond motifs is 1. The van der Waals surface area contributed by atoms with Crippen LogP contribution in [0.15, 0.2) is 54.6 Å². The summed E-state index contributed by atoms with van der Waals surface area (Å²) < 4.78 is 0. The third-order valence-corrected chi connectivity index (χ3v) is 3.35. The van der Waals surface area contributed by atoms with Crippen molar-refractivity contribution in [2.75, 3.05) is 0 Å². The molecule has 1 aromatic heterocycles. The lowest BCUT2D eigenvalue weighted by atomic mass is 10.0. The largest absolute Gasteiger partial charge is 0.236 e. The van der Waals surface area contributed by atoms with E-state index in [4.69, 9.17) is 23.2 Å². The van der Waals surface area contributed by atoms with Crippen molar-refractivity contribution in [1.29, 1.82) is 0 Å². The summed E-state index contributed by atoms with van der Waals surface area (Å²) in [6, 6.07) is 17.6. The third kappa shape index (κ3) is 1.96. The average molecular weight is 274 g/mol. The van der Waals surface area contributed by atoms with Crippen LogP contribution >= 0.6 is 23.2 Å². The van der Waals surface area contributed by atoms with Crippen molar-refractivity contribution in [2.45, 2.75) is 0 Å². The van der Waals surface area contributed by atoms with E-state index < -0.39 is 0 Å². The zero-order valence-electron chi connectivity index (χ0n) is 9.40. The van der Waals surface area contributed by atoms with Crippen molar-refractivity contribution >= 4 is 34.1 Å². The molecular formula is C15H9Cl2N. The minimum Gasteiger partial charge on any atom is -0.236 e. The molecule has 0 amide bonds. The SMILES string of the molecule is Clc1cc(-c2ccccc2)c2c(Cl)cccc2n1. The number of hydrogen-bond donors (Lipinski definition) is 0. The van der Waals surface area contributed by atoms with Crippen LogP contribution < -0.4 is 0 Å². The molecule has 3 heteroatoms. The number of halogens is 2. The van der Waals surface area contributed by atoms with E-state index in [0.717, 1.165) is 22.0 Å². The van der Waals surface area contributed by atoms with Gasteiger partial charge in [-0.1, -0.05) is 59.6 Å². The highest BCUT2D eigenvalue weighted by atomic mass is 35.5. The van der Waals surface area contributed by atoms with Gasteiger partial charge in [-0.3, -0.25) is 0 Å². The van der Waals surface area contributed by atoms with E-state index in [0.29, 0.717) is 10.2 Å². The van der Waals surface area contributed by atoms with Crippen molar-refractivity contribution < 1.29 is 0 Å². The minimum absolute atomic E-state index is 0.476. The Morgan fingerprint density at radius 2 is 1.61 bits per heavy atom. The Labute approximate surface area is 115 Å². The Hall–Kier alpha value is -1.57. The molecule has 0 atom stereocenters. The Morgan fingerprint density at radius 3 is 2.39 bits per heavy atom. The second-order valence-electron chi connectivity index (χ2n) is 3.99. The molecule has 3 rings (SSSR count). The predicted octanol–water partition coefficient (Wildman–Crippen LogP) is 5.21. The summed E-state index contributed by atoms with van der Waals surface area (Å²) in [5, 5.41) is 2.11. The summed E-state index contributed by atoms with van der Waals surface area (Å²) in [4.78, 5) is 4.30. The zero-order valence-corrected chi connectivity index (χ0v) is 10.9. The zero-order chi connectivity index (χ0) is 12.5. The average Bonchev–Trinajstić information content (AvgIpc) is 2.39. The number of aromatic nitrogens is 1. The van der Waals surface area contributed by atoms with Gasteiger partial charge in [0.2, 0.25) is 0 Å². The van der Waals surface area contributed by atoms with Gasteiger partial charge in [0.05, 0.1) is 10.5 Å². The lowest BCUT2D eigenvalue weighted by Gasteiger charge is -2.08. The highest BCUT2D eigenvalue weighted by Crippen LogP contribution is 2.34. The second kappa shape index (κ2) is 4.60. The summed E-state index contributed by atoms with van der Waals surface area (Å²) in [6.07, 6.45) is 0. The van der Waals surface area contributed by atoms with Gasteiger partial charge in [-0.25, -0.2) is 4.98 Å². The molecule has 1 heterocycles. The van der Waals surface area contributed by atoms with Crippen LogP contribution in [0.1, 0.15) is 0 Å². The van der Waals surface area contributed by atoms with E-state index >= 15 is 0 Å². The molecule has 0 bridgehead atoms. The molecule has 0 saturated carbocycles. The molecule has 0 aliphatic heterocycles. The van der Waals surface area contributed by atoms with Crippen molar-refractivity contribution in [1.82, 2.24) is 4.98 Å². The smallest absolute Gasteiger partial charge is 0.130 e. The Morgan fingerprint density at radius 1 is 0.833 bits per heavy atom. The van der Waals surface area contributed by atoms with Gasteiger partial charge in [-0.05, 0) is 29.3 Å². The van der Waals surface area contributed by atoms with E-state index in [2.05, 4.69) is 4.98 Å². The molecule has 0 radical (unpaired) electrons. The van der Waals surface area contributed by atoms with E-state index in [-0.39, 0.29) is 0 Å². The molecule has 0 unspecified atom stereocenters. The molecule has 1 nitrogen and oxygen atoms in total. The number of nitrogens with zero attached hydrogens (tertiary/aromatic N) is 1. The maximum atomic E-state index is 6.28. The second-order valence-corrected chi connectivity index (χ2v) is 4.79. The topological polar surface area (TPSA) is 12.9 Å². The van der Waals surface area contributed by atoms with Gasteiger partial charge in [0.15, 0.2) is 0 Å². The van der Waals surface area contributed by atoms with Crippen molar-refractivity contribution in [3.63, 3.8) is 0 Å². The van der Waals surface area contributed by atoms with Gasteiger partial charge in [0, 0.05) is 5.39 Å². The minimum atomic E-state index is 0.476. The van der Waals surface area contributed by atoms with Crippen LogP contribution in [0.5, 0.6) is 0 Å².